The predicted octanol–water partition coefficient (Wildman–Crippen LogP) is 1.40. The van der Waals surface area contributed by atoms with Gasteiger partial charge < -0.3 is 4.74 Å². The second kappa shape index (κ2) is 4.49. The van der Waals surface area contributed by atoms with Gasteiger partial charge in [0.25, 0.3) is 0 Å². The monoisotopic (exact) mass is 231 g/mol. The van der Waals surface area contributed by atoms with Crippen molar-refractivity contribution in [3.8, 4) is 0 Å². The van der Waals surface area contributed by atoms with Crippen LogP contribution in [0.5, 0.6) is 0 Å². The van der Waals surface area contributed by atoms with E-state index in [1.54, 1.807) is 0 Å². The molecular weight excluding hydrogens is 214 g/mol. The van der Waals surface area contributed by atoms with Crippen LogP contribution < -0.4 is 0 Å². The van der Waals surface area contributed by atoms with Gasteiger partial charge in [0.05, 0.1) is 6.61 Å². The van der Waals surface area contributed by atoms with Crippen molar-refractivity contribution in [3.63, 3.8) is 0 Å². The van der Waals surface area contributed by atoms with Crippen LogP contribution in [0.2, 0.25) is 0 Å². The Labute approximate surface area is 101 Å². The molecule has 1 aromatic carbocycles. The Morgan fingerprint density at radius 1 is 1.12 bits per heavy atom. The van der Waals surface area contributed by atoms with Gasteiger partial charge in [0.1, 0.15) is 6.04 Å². The third-order valence-corrected chi connectivity index (χ3v) is 3.80. The van der Waals surface area contributed by atoms with E-state index in [9.17, 15) is 4.79 Å². The van der Waals surface area contributed by atoms with Crippen molar-refractivity contribution in [1.82, 2.24) is 4.90 Å². The Bertz CT molecular complexity index is 403. The fourth-order valence-electron chi connectivity index (χ4n) is 2.81. The lowest BCUT2D eigenvalue weighted by atomic mass is 10.0. The Balaban J connectivity index is 1.75. The topological polar surface area (TPSA) is 29.5 Å². The van der Waals surface area contributed by atoms with Crippen molar-refractivity contribution in [1.29, 1.82) is 0 Å². The summed E-state index contributed by atoms with van der Waals surface area (Å²) in [5, 5.41) is 0. The molecule has 17 heavy (non-hydrogen) atoms. The number of cyclic esters (lactones) is 1. The normalized spacial score (nSPS) is 25.2. The number of nitrogens with zero attached hydrogens (tertiary/aromatic N) is 1. The highest BCUT2D eigenvalue weighted by atomic mass is 16.5. The van der Waals surface area contributed by atoms with Crippen molar-refractivity contribution in [2.24, 2.45) is 0 Å². The predicted molar refractivity (Wildman–Crippen MR) is 64.8 cm³/mol. The average molecular weight is 231 g/mol. The molecule has 90 valence electrons. The van der Waals surface area contributed by atoms with Gasteiger partial charge in [0, 0.05) is 19.5 Å². The van der Waals surface area contributed by atoms with E-state index in [4.69, 9.17) is 4.74 Å². The van der Waals surface area contributed by atoms with Crippen LogP contribution >= 0.6 is 0 Å². The molecule has 0 saturated carbocycles. The number of ether oxygens (including phenoxy) is 1. The molecule has 1 atom stereocenters. The number of fused-ring (bicyclic) bond motifs is 1. The maximum atomic E-state index is 11.6. The first-order chi connectivity index (χ1) is 8.34. The second-order valence-electron chi connectivity index (χ2n) is 4.78. The molecule has 0 aromatic heterocycles. The Morgan fingerprint density at radius 2 is 1.76 bits per heavy atom. The smallest absolute Gasteiger partial charge is 0.323 e. The summed E-state index contributed by atoms with van der Waals surface area (Å²) in [6, 6.07) is 8.60. The van der Waals surface area contributed by atoms with Crippen molar-refractivity contribution in [2.45, 2.75) is 25.3 Å². The van der Waals surface area contributed by atoms with Gasteiger partial charge in [0.15, 0.2) is 0 Å². The van der Waals surface area contributed by atoms with E-state index in [-0.39, 0.29) is 12.0 Å². The minimum atomic E-state index is -0.0315. The summed E-state index contributed by atoms with van der Waals surface area (Å²) in [6.07, 6.45) is 2.94. The minimum absolute atomic E-state index is 0.00399. The molecule has 1 saturated heterocycles. The summed E-state index contributed by atoms with van der Waals surface area (Å²) < 4.78 is 5.06. The maximum absolute atomic E-state index is 11.6. The van der Waals surface area contributed by atoms with Crippen LogP contribution in [0.15, 0.2) is 24.3 Å². The molecule has 3 nitrogen and oxygen atoms in total. The highest BCUT2D eigenvalue weighted by molar-refractivity contribution is 5.77. The summed E-state index contributed by atoms with van der Waals surface area (Å²) in [5.41, 5.74) is 2.86. The number of carbonyl (C=O) groups excluding carboxylic acids is 1. The summed E-state index contributed by atoms with van der Waals surface area (Å²) in [7, 11) is 0. The summed E-state index contributed by atoms with van der Waals surface area (Å²) in [4.78, 5) is 13.9. The first-order valence-corrected chi connectivity index (χ1v) is 6.32. The first-order valence-electron chi connectivity index (χ1n) is 6.32. The molecule has 0 bridgehead atoms. The van der Waals surface area contributed by atoms with Crippen molar-refractivity contribution in [2.75, 3.05) is 19.7 Å². The molecular formula is C14H17NO2. The molecule has 1 fully saturated rings. The standard InChI is InChI=1S/C14H17NO2/c16-14-13(7-10-17-14)15-8-5-11-3-1-2-4-12(11)6-9-15/h1-4,13H,5-10H2/t13-/m1/s1. The van der Waals surface area contributed by atoms with Gasteiger partial charge >= 0.3 is 5.97 Å². The van der Waals surface area contributed by atoms with Crippen LogP contribution in [0, 0.1) is 0 Å². The first kappa shape index (κ1) is 10.8. The quantitative estimate of drug-likeness (QED) is 0.684. The lowest BCUT2D eigenvalue weighted by molar-refractivity contribution is -0.142. The molecule has 0 unspecified atom stereocenters. The summed E-state index contributed by atoms with van der Waals surface area (Å²) >= 11 is 0. The van der Waals surface area contributed by atoms with Gasteiger partial charge in [-0.2, -0.15) is 0 Å². The van der Waals surface area contributed by atoms with Gasteiger partial charge in [-0.05, 0) is 24.0 Å². The van der Waals surface area contributed by atoms with E-state index in [2.05, 4.69) is 29.2 Å². The number of benzene rings is 1. The molecule has 2 aliphatic heterocycles. The maximum Gasteiger partial charge on any atom is 0.323 e. The van der Waals surface area contributed by atoms with E-state index in [0.29, 0.717) is 6.61 Å². The summed E-state index contributed by atoms with van der Waals surface area (Å²) in [6.45, 7) is 2.53. The third kappa shape index (κ3) is 2.07. The highest BCUT2D eigenvalue weighted by Crippen LogP contribution is 2.20. The molecule has 0 radical (unpaired) electrons. The lowest BCUT2D eigenvalue weighted by Crippen LogP contribution is -2.40. The van der Waals surface area contributed by atoms with Crippen LogP contribution in [0.1, 0.15) is 17.5 Å². The van der Waals surface area contributed by atoms with E-state index in [0.717, 1.165) is 32.4 Å². The molecule has 0 aliphatic carbocycles. The van der Waals surface area contributed by atoms with E-state index in [1.807, 2.05) is 0 Å². The van der Waals surface area contributed by atoms with Crippen LogP contribution in [-0.4, -0.2) is 36.6 Å². The fraction of sp³-hybridized carbons (Fsp3) is 0.500. The largest absolute Gasteiger partial charge is 0.464 e. The van der Waals surface area contributed by atoms with Crippen LogP contribution in [-0.2, 0) is 22.4 Å². The van der Waals surface area contributed by atoms with Gasteiger partial charge in [0.2, 0.25) is 0 Å². The Morgan fingerprint density at radius 3 is 2.29 bits per heavy atom. The number of esters is 1. The molecule has 0 spiro atoms. The lowest BCUT2D eigenvalue weighted by Gasteiger charge is -2.23. The average Bonchev–Trinajstić information content (AvgIpc) is 2.66. The van der Waals surface area contributed by atoms with Crippen LogP contribution in [0.3, 0.4) is 0 Å². The van der Waals surface area contributed by atoms with E-state index in [1.165, 1.54) is 11.1 Å². The third-order valence-electron chi connectivity index (χ3n) is 3.80. The van der Waals surface area contributed by atoms with Gasteiger partial charge in [-0.3, -0.25) is 9.69 Å². The Hall–Kier alpha value is -1.35. The molecule has 1 aromatic rings. The molecule has 2 aliphatic rings. The van der Waals surface area contributed by atoms with E-state index < -0.39 is 0 Å². The molecule has 2 heterocycles. The SMILES string of the molecule is O=C1OCC[C@H]1N1CCc2ccccc2CC1. The number of hydrogen-bond donors (Lipinski definition) is 0. The van der Waals surface area contributed by atoms with Gasteiger partial charge in [-0.25, -0.2) is 0 Å². The van der Waals surface area contributed by atoms with Crippen molar-refractivity contribution < 1.29 is 9.53 Å². The van der Waals surface area contributed by atoms with Gasteiger partial charge in [-0.15, -0.1) is 0 Å². The highest BCUT2D eigenvalue weighted by Gasteiger charge is 2.32. The molecule has 0 N–H and O–H groups in total. The van der Waals surface area contributed by atoms with Crippen LogP contribution in [0.4, 0.5) is 0 Å². The number of carbonyl (C=O) groups is 1. The van der Waals surface area contributed by atoms with Crippen molar-refractivity contribution >= 4 is 5.97 Å². The van der Waals surface area contributed by atoms with Crippen molar-refractivity contribution in [3.05, 3.63) is 35.4 Å². The zero-order chi connectivity index (χ0) is 11.7. The minimum Gasteiger partial charge on any atom is -0.464 e. The second-order valence-corrected chi connectivity index (χ2v) is 4.78. The molecule has 3 heteroatoms. The van der Waals surface area contributed by atoms with Gasteiger partial charge in [-0.1, -0.05) is 24.3 Å². The summed E-state index contributed by atoms with van der Waals surface area (Å²) in [5.74, 6) is -0.0315. The molecule has 3 rings (SSSR count). The number of rotatable bonds is 1. The molecule has 0 amide bonds. The zero-order valence-electron chi connectivity index (χ0n) is 9.89. The van der Waals surface area contributed by atoms with E-state index >= 15 is 0 Å². The number of hydrogen-bond acceptors (Lipinski definition) is 3. The Kier molecular flexibility index (Phi) is 2.85. The zero-order valence-corrected chi connectivity index (χ0v) is 9.89. The van der Waals surface area contributed by atoms with Crippen LogP contribution in [0.25, 0.3) is 0 Å². The fourth-order valence-corrected chi connectivity index (χ4v) is 2.81.